The SMILES string of the molecule is CC(C)Oc1cccc(C(=O)NC2(CO)CCCCC2)c1. The van der Waals surface area contributed by atoms with Crippen LogP contribution in [0.3, 0.4) is 0 Å². The molecule has 0 atom stereocenters. The summed E-state index contributed by atoms with van der Waals surface area (Å²) in [7, 11) is 0. The molecule has 4 heteroatoms. The summed E-state index contributed by atoms with van der Waals surface area (Å²) in [5.74, 6) is 0.555. The number of carbonyl (C=O) groups is 1. The zero-order valence-electron chi connectivity index (χ0n) is 12.9. The third-order valence-electron chi connectivity index (χ3n) is 3.96. The summed E-state index contributed by atoms with van der Waals surface area (Å²) in [6.45, 7) is 3.91. The number of amides is 1. The first-order valence-corrected chi connectivity index (χ1v) is 7.75. The fourth-order valence-electron chi connectivity index (χ4n) is 2.85. The number of rotatable bonds is 5. The zero-order chi connectivity index (χ0) is 15.3. The van der Waals surface area contributed by atoms with E-state index in [2.05, 4.69) is 5.32 Å². The maximum Gasteiger partial charge on any atom is 0.251 e. The van der Waals surface area contributed by atoms with Crippen LogP contribution in [0, 0.1) is 0 Å². The Morgan fingerprint density at radius 1 is 1.33 bits per heavy atom. The van der Waals surface area contributed by atoms with E-state index in [0.29, 0.717) is 11.3 Å². The second kappa shape index (κ2) is 6.94. The van der Waals surface area contributed by atoms with Gasteiger partial charge in [0.25, 0.3) is 5.91 Å². The van der Waals surface area contributed by atoms with Crippen molar-refractivity contribution in [1.82, 2.24) is 5.32 Å². The van der Waals surface area contributed by atoms with E-state index in [1.807, 2.05) is 26.0 Å². The van der Waals surface area contributed by atoms with E-state index >= 15 is 0 Å². The normalized spacial score (nSPS) is 17.5. The lowest BCUT2D eigenvalue weighted by atomic mass is 9.82. The number of aliphatic hydroxyl groups is 1. The van der Waals surface area contributed by atoms with Gasteiger partial charge >= 0.3 is 0 Å². The predicted molar refractivity (Wildman–Crippen MR) is 82.6 cm³/mol. The van der Waals surface area contributed by atoms with Gasteiger partial charge in [0.05, 0.1) is 18.2 Å². The van der Waals surface area contributed by atoms with Crippen LogP contribution in [0.2, 0.25) is 0 Å². The molecule has 0 unspecified atom stereocenters. The lowest BCUT2D eigenvalue weighted by Gasteiger charge is -2.36. The van der Waals surface area contributed by atoms with E-state index < -0.39 is 5.54 Å². The van der Waals surface area contributed by atoms with Crippen LogP contribution in [0.5, 0.6) is 5.75 Å². The molecule has 1 fully saturated rings. The first-order chi connectivity index (χ1) is 10.0. The Morgan fingerprint density at radius 3 is 2.67 bits per heavy atom. The summed E-state index contributed by atoms with van der Waals surface area (Å²) in [6, 6.07) is 7.19. The molecule has 2 N–H and O–H groups in total. The average Bonchev–Trinajstić information content (AvgIpc) is 2.48. The molecule has 0 heterocycles. The Morgan fingerprint density at radius 2 is 2.05 bits per heavy atom. The van der Waals surface area contributed by atoms with Crippen molar-refractivity contribution >= 4 is 5.91 Å². The quantitative estimate of drug-likeness (QED) is 0.877. The Balaban J connectivity index is 2.08. The predicted octanol–water partition coefficient (Wildman–Crippen LogP) is 2.90. The summed E-state index contributed by atoms with van der Waals surface area (Å²) in [4.78, 5) is 12.4. The van der Waals surface area contributed by atoms with Gasteiger partial charge < -0.3 is 15.2 Å². The minimum absolute atomic E-state index is 0.000917. The molecule has 1 aliphatic rings. The number of carbonyl (C=O) groups excluding carboxylic acids is 1. The van der Waals surface area contributed by atoms with E-state index in [1.54, 1.807) is 12.1 Å². The van der Waals surface area contributed by atoms with Crippen molar-refractivity contribution in [2.45, 2.75) is 57.6 Å². The number of nitrogens with one attached hydrogen (secondary N) is 1. The van der Waals surface area contributed by atoms with E-state index in [-0.39, 0.29) is 18.6 Å². The second-order valence-electron chi connectivity index (χ2n) is 6.15. The molecule has 0 radical (unpaired) electrons. The molecular weight excluding hydrogens is 266 g/mol. The Hall–Kier alpha value is -1.55. The highest BCUT2D eigenvalue weighted by atomic mass is 16.5. The van der Waals surface area contributed by atoms with Crippen LogP contribution in [-0.2, 0) is 0 Å². The van der Waals surface area contributed by atoms with Crippen molar-refractivity contribution in [1.29, 1.82) is 0 Å². The van der Waals surface area contributed by atoms with Gasteiger partial charge in [0.15, 0.2) is 0 Å². The van der Waals surface area contributed by atoms with Gasteiger partial charge in [0, 0.05) is 5.56 Å². The van der Waals surface area contributed by atoms with Crippen molar-refractivity contribution < 1.29 is 14.6 Å². The van der Waals surface area contributed by atoms with Crippen molar-refractivity contribution in [3.63, 3.8) is 0 Å². The number of aliphatic hydroxyl groups excluding tert-OH is 1. The Kier molecular flexibility index (Phi) is 5.23. The number of hydrogen-bond donors (Lipinski definition) is 2. The van der Waals surface area contributed by atoms with Gasteiger partial charge in [-0.1, -0.05) is 25.3 Å². The van der Waals surface area contributed by atoms with Gasteiger partial charge in [0.1, 0.15) is 5.75 Å². The van der Waals surface area contributed by atoms with Crippen LogP contribution in [0.25, 0.3) is 0 Å². The van der Waals surface area contributed by atoms with Crippen LogP contribution < -0.4 is 10.1 Å². The van der Waals surface area contributed by atoms with Crippen molar-refractivity contribution in [2.75, 3.05) is 6.61 Å². The fourth-order valence-corrected chi connectivity index (χ4v) is 2.85. The molecule has 2 rings (SSSR count). The molecule has 0 aromatic heterocycles. The largest absolute Gasteiger partial charge is 0.491 e. The summed E-state index contributed by atoms with van der Waals surface area (Å²) >= 11 is 0. The van der Waals surface area contributed by atoms with Gasteiger partial charge in [-0.15, -0.1) is 0 Å². The van der Waals surface area contributed by atoms with Crippen LogP contribution in [0.15, 0.2) is 24.3 Å². The molecule has 1 amide bonds. The van der Waals surface area contributed by atoms with Gasteiger partial charge in [-0.25, -0.2) is 0 Å². The minimum atomic E-state index is -0.454. The van der Waals surface area contributed by atoms with Crippen molar-refractivity contribution in [3.8, 4) is 5.75 Å². The number of benzene rings is 1. The minimum Gasteiger partial charge on any atom is -0.491 e. The summed E-state index contributed by atoms with van der Waals surface area (Å²) < 4.78 is 5.62. The molecule has 21 heavy (non-hydrogen) atoms. The van der Waals surface area contributed by atoms with E-state index in [1.165, 1.54) is 6.42 Å². The highest BCUT2D eigenvalue weighted by Gasteiger charge is 2.33. The van der Waals surface area contributed by atoms with Crippen LogP contribution in [0.1, 0.15) is 56.3 Å². The maximum absolute atomic E-state index is 12.4. The van der Waals surface area contributed by atoms with Crippen LogP contribution in [0.4, 0.5) is 0 Å². The van der Waals surface area contributed by atoms with Crippen molar-refractivity contribution in [2.24, 2.45) is 0 Å². The molecule has 4 nitrogen and oxygen atoms in total. The molecule has 1 aromatic carbocycles. The highest BCUT2D eigenvalue weighted by molar-refractivity contribution is 5.95. The fraction of sp³-hybridized carbons (Fsp3) is 0.588. The summed E-state index contributed by atoms with van der Waals surface area (Å²) in [6.07, 6.45) is 5.05. The number of ether oxygens (including phenoxy) is 1. The Labute approximate surface area is 126 Å². The molecular formula is C17H25NO3. The second-order valence-corrected chi connectivity index (χ2v) is 6.15. The van der Waals surface area contributed by atoms with Crippen LogP contribution in [-0.4, -0.2) is 29.3 Å². The van der Waals surface area contributed by atoms with E-state index in [0.717, 1.165) is 25.7 Å². The lowest BCUT2D eigenvalue weighted by Crippen LogP contribution is -2.52. The molecule has 1 aromatic rings. The molecule has 0 aliphatic heterocycles. The van der Waals surface area contributed by atoms with Gasteiger partial charge in [-0.3, -0.25) is 4.79 Å². The van der Waals surface area contributed by atoms with Crippen LogP contribution >= 0.6 is 0 Å². The smallest absolute Gasteiger partial charge is 0.251 e. The third-order valence-corrected chi connectivity index (χ3v) is 3.96. The molecule has 0 spiro atoms. The van der Waals surface area contributed by atoms with Crippen molar-refractivity contribution in [3.05, 3.63) is 29.8 Å². The molecule has 116 valence electrons. The van der Waals surface area contributed by atoms with E-state index in [9.17, 15) is 9.90 Å². The average molecular weight is 291 g/mol. The first-order valence-electron chi connectivity index (χ1n) is 7.75. The Bertz CT molecular complexity index is 479. The monoisotopic (exact) mass is 291 g/mol. The number of hydrogen-bond acceptors (Lipinski definition) is 3. The first kappa shape index (κ1) is 15.8. The van der Waals surface area contributed by atoms with Gasteiger partial charge in [-0.05, 0) is 44.9 Å². The molecule has 1 aliphatic carbocycles. The molecule has 0 saturated heterocycles. The van der Waals surface area contributed by atoms with Gasteiger partial charge in [-0.2, -0.15) is 0 Å². The van der Waals surface area contributed by atoms with Gasteiger partial charge in [0.2, 0.25) is 0 Å². The third kappa shape index (κ3) is 4.21. The lowest BCUT2D eigenvalue weighted by molar-refractivity contribution is 0.0758. The molecule has 1 saturated carbocycles. The zero-order valence-corrected chi connectivity index (χ0v) is 12.9. The highest BCUT2D eigenvalue weighted by Crippen LogP contribution is 2.28. The maximum atomic E-state index is 12.4. The standard InChI is InChI=1S/C17H25NO3/c1-13(2)21-15-8-6-7-14(11-15)16(20)18-17(12-19)9-4-3-5-10-17/h6-8,11,13,19H,3-5,9-10,12H2,1-2H3,(H,18,20). The molecule has 0 bridgehead atoms. The topological polar surface area (TPSA) is 58.6 Å². The summed E-state index contributed by atoms with van der Waals surface area (Å²) in [5.41, 5.74) is 0.121. The van der Waals surface area contributed by atoms with E-state index in [4.69, 9.17) is 4.74 Å². The summed E-state index contributed by atoms with van der Waals surface area (Å²) in [5, 5.41) is 12.7.